The predicted molar refractivity (Wildman–Crippen MR) is 114 cm³/mol. The zero-order chi connectivity index (χ0) is 21.4. The van der Waals surface area contributed by atoms with E-state index in [-0.39, 0.29) is 11.7 Å². The Kier molecular flexibility index (Phi) is 7.78. The number of carbonyl (C=O) groups excluding carboxylic acids is 2. The number of amides is 1. The fourth-order valence-electron chi connectivity index (χ4n) is 2.46. The van der Waals surface area contributed by atoms with Crippen LogP contribution in [0.25, 0.3) is 0 Å². The number of esters is 1. The number of nitrogens with one attached hydrogen (secondary N) is 1. The summed E-state index contributed by atoms with van der Waals surface area (Å²) in [4.78, 5) is 24.3. The molecule has 8 heteroatoms. The van der Waals surface area contributed by atoms with Gasteiger partial charge in [-0.3, -0.25) is 9.10 Å². The number of ether oxygens (including phenoxy) is 1. The second-order valence-electron chi connectivity index (χ2n) is 6.44. The summed E-state index contributed by atoms with van der Waals surface area (Å²) < 4.78 is 30.2. The Bertz CT molecular complexity index is 938. The van der Waals surface area contributed by atoms with Crippen molar-refractivity contribution in [1.29, 1.82) is 0 Å². The number of unbranched alkanes of at least 4 members (excludes halogenated alkanes) is 1. The summed E-state index contributed by atoms with van der Waals surface area (Å²) >= 11 is 0. The van der Waals surface area contributed by atoms with E-state index in [9.17, 15) is 18.0 Å². The number of rotatable bonds is 9. The highest BCUT2D eigenvalue weighted by Crippen LogP contribution is 2.18. The van der Waals surface area contributed by atoms with Crippen LogP contribution in [0.3, 0.4) is 0 Å². The highest BCUT2D eigenvalue weighted by Gasteiger charge is 2.16. The quantitative estimate of drug-likeness (QED) is 0.495. The van der Waals surface area contributed by atoms with Crippen molar-refractivity contribution in [3.05, 3.63) is 59.7 Å². The molecule has 0 spiro atoms. The number of nitrogens with zero attached hydrogens (tertiary/aromatic N) is 1. The molecule has 0 atom stereocenters. The van der Waals surface area contributed by atoms with Crippen molar-refractivity contribution >= 4 is 33.3 Å². The lowest BCUT2D eigenvalue weighted by atomic mass is 10.1. The Morgan fingerprint density at radius 1 is 0.966 bits per heavy atom. The van der Waals surface area contributed by atoms with Crippen LogP contribution in [0.5, 0.6) is 0 Å². The second kappa shape index (κ2) is 10.1. The van der Waals surface area contributed by atoms with Crippen molar-refractivity contribution in [3.8, 4) is 0 Å². The SMILES string of the molecule is CCCCOC(=O)c1ccc(NC(=O)c2ccc(N(C)S(=O)(=O)CC)cc2)cc1. The lowest BCUT2D eigenvalue weighted by molar-refractivity contribution is 0.0499. The number of hydrogen-bond acceptors (Lipinski definition) is 5. The summed E-state index contributed by atoms with van der Waals surface area (Å²) in [7, 11) is -1.88. The molecule has 2 aromatic rings. The normalized spacial score (nSPS) is 11.0. The average molecular weight is 419 g/mol. The summed E-state index contributed by atoms with van der Waals surface area (Å²) in [6.07, 6.45) is 1.77. The van der Waals surface area contributed by atoms with Gasteiger partial charge in [-0.15, -0.1) is 0 Å². The highest BCUT2D eigenvalue weighted by atomic mass is 32.2. The van der Waals surface area contributed by atoms with E-state index in [1.165, 1.54) is 11.4 Å². The van der Waals surface area contributed by atoms with Crippen molar-refractivity contribution in [1.82, 2.24) is 0 Å². The minimum atomic E-state index is -3.36. The minimum absolute atomic E-state index is 0.00607. The third-order valence-corrected chi connectivity index (χ3v) is 6.16. The van der Waals surface area contributed by atoms with Crippen LogP contribution in [0.1, 0.15) is 47.4 Å². The molecule has 29 heavy (non-hydrogen) atoms. The summed E-state index contributed by atoms with van der Waals surface area (Å²) in [5.41, 5.74) is 1.83. The van der Waals surface area contributed by atoms with Crippen LogP contribution in [-0.2, 0) is 14.8 Å². The van der Waals surface area contributed by atoms with Crippen molar-refractivity contribution in [3.63, 3.8) is 0 Å². The molecule has 0 radical (unpaired) electrons. The number of carbonyl (C=O) groups is 2. The molecule has 1 amide bonds. The van der Waals surface area contributed by atoms with E-state index in [2.05, 4.69) is 5.32 Å². The topological polar surface area (TPSA) is 92.8 Å². The first-order valence-corrected chi connectivity index (χ1v) is 11.0. The molecule has 0 aliphatic heterocycles. The van der Waals surface area contributed by atoms with Crippen LogP contribution < -0.4 is 9.62 Å². The molecule has 156 valence electrons. The van der Waals surface area contributed by atoms with Gasteiger partial charge in [0.05, 0.1) is 23.6 Å². The van der Waals surface area contributed by atoms with E-state index in [1.54, 1.807) is 55.5 Å². The Morgan fingerprint density at radius 2 is 1.55 bits per heavy atom. The predicted octanol–water partition coefficient (Wildman–Crippen LogP) is 3.68. The van der Waals surface area contributed by atoms with Gasteiger partial charge in [0.25, 0.3) is 5.91 Å². The Labute approximate surface area is 171 Å². The number of benzene rings is 2. The van der Waals surface area contributed by atoms with E-state index < -0.39 is 16.0 Å². The first-order valence-electron chi connectivity index (χ1n) is 9.43. The molecular formula is C21H26N2O5S. The van der Waals surface area contributed by atoms with Gasteiger partial charge in [-0.25, -0.2) is 13.2 Å². The molecule has 0 unspecified atom stereocenters. The van der Waals surface area contributed by atoms with Crippen LogP contribution in [0, 0.1) is 0 Å². The lowest BCUT2D eigenvalue weighted by Gasteiger charge is -2.18. The molecule has 0 fully saturated rings. The Morgan fingerprint density at radius 3 is 2.10 bits per heavy atom. The molecule has 2 aromatic carbocycles. The van der Waals surface area contributed by atoms with Crippen molar-refractivity contribution in [2.45, 2.75) is 26.7 Å². The molecule has 1 N–H and O–H groups in total. The molecule has 0 aliphatic carbocycles. The average Bonchev–Trinajstić information content (AvgIpc) is 2.73. The molecule has 0 aromatic heterocycles. The van der Waals surface area contributed by atoms with Crippen molar-refractivity contribution in [2.24, 2.45) is 0 Å². The maximum atomic E-state index is 12.4. The minimum Gasteiger partial charge on any atom is -0.462 e. The van der Waals surface area contributed by atoms with E-state index in [1.807, 2.05) is 6.92 Å². The Hall–Kier alpha value is -2.87. The molecule has 7 nitrogen and oxygen atoms in total. The molecule has 0 saturated carbocycles. The largest absolute Gasteiger partial charge is 0.462 e. The number of anilines is 2. The van der Waals surface area contributed by atoms with E-state index in [0.29, 0.717) is 29.1 Å². The van der Waals surface area contributed by atoms with Gasteiger partial charge in [0.2, 0.25) is 10.0 Å². The van der Waals surface area contributed by atoms with Gasteiger partial charge in [0.1, 0.15) is 0 Å². The van der Waals surface area contributed by atoms with Crippen LogP contribution in [-0.4, -0.2) is 39.7 Å². The van der Waals surface area contributed by atoms with Gasteiger partial charge in [0.15, 0.2) is 0 Å². The van der Waals surface area contributed by atoms with Gasteiger partial charge in [0, 0.05) is 18.3 Å². The first-order chi connectivity index (χ1) is 13.8. The van der Waals surface area contributed by atoms with Gasteiger partial charge in [-0.05, 0) is 61.9 Å². The molecule has 2 rings (SSSR count). The van der Waals surface area contributed by atoms with Crippen molar-refractivity contribution < 1.29 is 22.7 Å². The number of hydrogen-bond donors (Lipinski definition) is 1. The zero-order valence-electron chi connectivity index (χ0n) is 16.8. The van der Waals surface area contributed by atoms with E-state index in [4.69, 9.17) is 4.74 Å². The van der Waals surface area contributed by atoms with Gasteiger partial charge in [-0.2, -0.15) is 0 Å². The standard InChI is InChI=1S/C21H26N2O5S/c1-4-6-15-28-21(25)17-7-11-18(12-8-17)22-20(24)16-9-13-19(14-10-16)23(3)29(26,27)5-2/h7-14H,4-6,15H2,1-3H3,(H,22,24). The van der Waals surface area contributed by atoms with Gasteiger partial charge >= 0.3 is 5.97 Å². The molecule has 0 aliphatic rings. The van der Waals surface area contributed by atoms with Gasteiger partial charge in [-0.1, -0.05) is 13.3 Å². The maximum absolute atomic E-state index is 12.4. The zero-order valence-corrected chi connectivity index (χ0v) is 17.7. The molecule has 0 saturated heterocycles. The van der Waals surface area contributed by atoms with Crippen LogP contribution in [0.15, 0.2) is 48.5 Å². The monoisotopic (exact) mass is 418 g/mol. The maximum Gasteiger partial charge on any atom is 0.338 e. The highest BCUT2D eigenvalue weighted by molar-refractivity contribution is 7.92. The smallest absolute Gasteiger partial charge is 0.338 e. The van der Waals surface area contributed by atoms with E-state index in [0.717, 1.165) is 12.8 Å². The summed E-state index contributed by atoms with van der Waals surface area (Å²) in [5.74, 6) is -0.734. The summed E-state index contributed by atoms with van der Waals surface area (Å²) in [5, 5.41) is 2.74. The van der Waals surface area contributed by atoms with Crippen LogP contribution in [0.2, 0.25) is 0 Å². The molecular weight excluding hydrogens is 392 g/mol. The first kappa shape index (κ1) is 22.4. The fraction of sp³-hybridized carbons (Fsp3) is 0.333. The van der Waals surface area contributed by atoms with E-state index >= 15 is 0 Å². The number of sulfonamides is 1. The fourth-order valence-corrected chi connectivity index (χ4v) is 3.29. The van der Waals surface area contributed by atoms with Gasteiger partial charge < -0.3 is 10.1 Å². The van der Waals surface area contributed by atoms with Crippen LogP contribution >= 0.6 is 0 Å². The van der Waals surface area contributed by atoms with Crippen LogP contribution in [0.4, 0.5) is 11.4 Å². The summed E-state index contributed by atoms with van der Waals surface area (Å²) in [6, 6.07) is 12.7. The second-order valence-corrected chi connectivity index (χ2v) is 8.72. The third kappa shape index (κ3) is 6.05. The summed E-state index contributed by atoms with van der Waals surface area (Å²) in [6.45, 7) is 3.98. The lowest BCUT2D eigenvalue weighted by Crippen LogP contribution is -2.28. The van der Waals surface area contributed by atoms with Crippen molar-refractivity contribution in [2.75, 3.05) is 29.0 Å². The molecule has 0 bridgehead atoms. The Balaban J connectivity index is 2.00. The molecule has 0 heterocycles. The third-order valence-electron chi connectivity index (χ3n) is 4.38.